The van der Waals surface area contributed by atoms with Crippen molar-refractivity contribution in [3.63, 3.8) is 0 Å². The van der Waals surface area contributed by atoms with Gasteiger partial charge in [-0.3, -0.25) is 9.80 Å². The van der Waals surface area contributed by atoms with Crippen LogP contribution < -0.4 is 0 Å². The number of benzene rings is 2. The Morgan fingerprint density at radius 2 is 2.06 bits per heavy atom. The lowest BCUT2D eigenvalue weighted by Crippen LogP contribution is -2.09. The predicted molar refractivity (Wildman–Crippen MR) is 133 cm³/mol. The Morgan fingerprint density at radius 3 is 2.66 bits per heavy atom. The molecule has 0 unspecified atom stereocenters. The van der Waals surface area contributed by atoms with Crippen LogP contribution in [-0.2, 0) is 11.2 Å². The highest BCUT2D eigenvalue weighted by Gasteiger charge is 2.21. The molecule has 0 bridgehead atoms. The minimum atomic E-state index is -0.879. The number of rotatable bonds is 5. The Hall–Kier alpha value is -3.29. The number of aliphatic imine (C=N–C) groups is 1. The molecular weight excluding hydrogens is 444 g/mol. The van der Waals surface area contributed by atoms with Crippen LogP contribution >= 0.6 is 22.9 Å². The molecule has 0 saturated carbocycles. The van der Waals surface area contributed by atoms with E-state index in [1.165, 1.54) is 11.3 Å². The monoisotopic (exact) mass is 464 g/mol. The lowest BCUT2D eigenvalue weighted by atomic mass is 9.93. The quantitative estimate of drug-likeness (QED) is 0.517. The molecule has 2 heterocycles. The maximum atomic E-state index is 11.6. The number of carboxylic acids is 1. The summed E-state index contributed by atoms with van der Waals surface area (Å²) in [6.45, 7) is 7.84. The molecule has 4 rings (SSSR count). The van der Waals surface area contributed by atoms with E-state index in [1.54, 1.807) is 11.2 Å². The van der Waals surface area contributed by atoms with Gasteiger partial charge in [0.05, 0.1) is 34.2 Å². The molecule has 0 aliphatic carbocycles. The first-order valence-corrected chi connectivity index (χ1v) is 11.1. The summed E-state index contributed by atoms with van der Waals surface area (Å²) in [5.74, 6) is -0.879. The van der Waals surface area contributed by atoms with Gasteiger partial charge in [0, 0.05) is 17.6 Å². The van der Waals surface area contributed by atoms with Gasteiger partial charge in [0.1, 0.15) is 10.7 Å². The van der Waals surface area contributed by atoms with Crippen molar-refractivity contribution in [2.45, 2.75) is 20.3 Å². The number of fused-ring (bicyclic) bond motifs is 1. The van der Waals surface area contributed by atoms with Crippen LogP contribution in [0.2, 0.25) is 5.02 Å². The number of hydrazone groups is 1. The van der Waals surface area contributed by atoms with E-state index in [0.717, 1.165) is 37.5 Å². The fraction of sp³-hybridized carbons (Fsp3) is 0.167. The van der Waals surface area contributed by atoms with Crippen LogP contribution in [0.5, 0.6) is 0 Å². The third-order valence-electron chi connectivity index (χ3n) is 5.25. The van der Waals surface area contributed by atoms with Crippen molar-refractivity contribution >= 4 is 56.7 Å². The summed E-state index contributed by atoms with van der Waals surface area (Å²) in [6.07, 6.45) is 3.50. The van der Waals surface area contributed by atoms with E-state index in [9.17, 15) is 9.90 Å². The summed E-state index contributed by atoms with van der Waals surface area (Å²) in [7, 11) is 1.82. The molecule has 2 aromatic carbocycles. The number of nitrogens with zero attached hydrogens (tertiary/aromatic N) is 4. The third kappa shape index (κ3) is 4.09. The fourth-order valence-electron chi connectivity index (χ4n) is 3.56. The largest absolute Gasteiger partial charge is 0.481 e. The number of hydrogen-bond acceptors (Lipinski definition) is 6. The Labute approximate surface area is 194 Å². The van der Waals surface area contributed by atoms with Gasteiger partial charge in [-0.25, -0.2) is 9.98 Å². The smallest absolute Gasteiger partial charge is 0.307 e. The maximum Gasteiger partial charge on any atom is 0.307 e. The highest BCUT2D eigenvalue weighted by atomic mass is 35.5. The van der Waals surface area contributed by atoms with E-state index in [2.05, 4.69) is 11.7 Å². The highest BCUT2D eigenvalue weighted by molar-refractivity contribution is 7.20. The van der Waals surface area contributed by atoms with E-state index < -0.39 is 5.97 Å². The molecule has 1 aliphatic rings. The molecule has 8 heteroatoms. The molecule has 0 saturated heterocycles. The summed E-state index contributed by atoms with van der Waals surface area (Å²) in [6, 6.07) is 9.38. The number of carbonyl (C=O) groups is 1. The second-order valence-electron chi connectivity index (χ2n) is 7.38. The van der Waals surface area contributed by atoms with Crippen LogP contribution in [0.15, 0.2) is 58.8 Å². The Balaban J connectivity index is 1.92. The van der Waals surface area contributed by atoms with Crippen molar-refractivity contribution in [2.24, 2.45) is 10.1 Å². The minimum absolute atomic E-state index is 0.0750. The number of allylic oxidation sites excluding steroid dienone is 2. The molecule has 1 N–H and O–H groups in total. The molecule has 32 heavy (non-hydrogen) atoms. The van der Waals surface area contributed by atoms with Crippen LogP contribution in [0, 0.1) is 6.92 Å². The van der Waals surface area contributed by atoms with Gasteiger partial charge in [-0.15, -0.1) is 11.3 Å². The van der Waals surface area contributed by atoms with Crippen LogP contribution in [0.25, 0.3) is 27.0 Å². The predicted octanol–water partition coefficient (Wildman–Crippen LogP) is 5.80. The first kappa shape index (κ1) is 21.9. The standard InChI is InChI=1S/C24H21ClN4O2S/c1-5-18(27-20-12-26-29(4)14(20)3)24-28-19-10-13(2)17(11-21(30)31)22(23(19)32-24)15-6-8-16(25)9-7-15/h5-10,12H,3,11H2,1-2,4H3,(H,30,31)/b18-5-,27-20?. The van der Waals surface area contributed by atoms with Crippen LogP contribution in [0.4, 0.5) is 0 Å². The SMILES string of the molecule is C=C1C(=N/C(=C\C)c2nc3cc(C)c(CC(=O)O)c(-c4ccc(Cl)cc4)c3s2)C=NN1C. The average Bonchev–Trinajstić information content (AvgIpc) is 3.30. The number of aliphatic carboxylic acids is 1. The Kier molecular flexibility index (Phi) is 5.95. The van der Waals surface area contributed by atoms with Crippen molar-refractivity contribution in [3.05, 3.63) is 69.8 Å². The molecule has 0 spiro atoms. The van der Waals surface area contributed by atoms with E-state index in [-0.39, 0.29) is 6.42 Å². The average molecular weight is 465 g/mol. The number of halogens is 1. The van der Waals surface area contributed by atoms with Crippen LogP contribution in [-0.4, -0.2) is 40.0 Å². The Bertz CT molecular complexity index is 1340. The topological polar surface area (TPSA) is 78.1 Å². The molecule has 0 amide bonds. The third-order valence-corrected chi connectivity index (χ3v) is 6.61. The molecule has 6 nitrogen and oxygen atoms in total. The Morgan fingerprint density at radius 1 is 1.34 bits per heavy atom. The van der Waals surface area contributed by atoms with Crippen molar-refractivity contribution in [3.8, 4) is 11.1 Å². The minimum Gasteiger partial charge on any atom is -0.481 e. The van der Waals surface area contributed by atoms with E-state index in [4.69, 9.17) is 21.6 Å². The number of carboxylic acid groups (broad SMARTS) is 1. The van der Waals surface area contributed by atoms with E-state index in [1.807, 2.05) is 57.3 Å². The van der Waals surface area contributed by atoms with Crippen LogP contribution in [0.3, 0.4) is 0 Å². The first-order valence-electron chi connectivity index (χ1n) is 9.91. The molecule has 3 aromatic rings. The molecule has 1 aromatic heterocycles. The van der Waals surface area contributed by atoms with Gasteiger partial charge in [-0.2, -0.15) is 5.10 Å². The number of aromatic nitrogens is 1. The summed E-state index contributed by atoms with van der Waals surface area (Å²) in [5, 5.41) is 16.8. The van der Waals surface area contributed by atoms with Gasteiger partial charge in [0.2, 0.25) is 0 Å². The summed E-state index contributed by atoms with van der Waals surface area (Å²) >= 11 is 7.58. The molecule has 0 fully saturated rings. The van der Waals surface area contributed by atoms with E-state index >= 15 is 0 Å². The number of thiazole rings is 1. The van der Waals surface area contributed by atoms with Crippen molar-refractivity contribution < 1.29 is 9.90 Å². The van der Waals surface area contributed by atoms with Gasteiger partial charge in [0.25, 0.3) is 0 Å². The highest BCUT2D eigenvalue weighted by Crippen LogP contribution is 2.40. The van der Waals surface area contributed by atoms with Crippen LogP contribution in [0.1, 0.15) is 23.1 Å². The molecular formula is C24H21ClN4O2S. The summed E-state index contributed by atoms with van der Waals surface area (Å²) in [5.41, 5.74) is 6.34. The zero-order valence-corrected chi connectivity index (χ0v) is 19.5. The van der Waals surface area contributed by atoms with Gasteiger partial charge in [-0.05, 0) is 48.7 Å². The maximum absolute atomic E-state index is 11.6. The fourth-order valence-corrected chi connectivity index (χ4v) is 4.84. The molecule has 1 aliphatic heterocycles. The summed E-state index contributed by atoms with van der Waals surface area (Å²) in [4.78, 5) is 21.2. The summed E-state index contributed by atoms with van der Waals surface area (Å²) < 4.78 is 0.916. The molecule has 0 atom stereocenters. The second-order valence-corrected chi connectivity index (χ2v) is 8.81. The normalized spacial score (nSPS) is 15.4. The number of aryl methyl sites for hydroxylation is 1. The van der Waals surface area contributed by atoms with E-state index in [0.29, 0.717) is 22.1 Å². The van der Waals surface area contributed by atoms with Gasteiger partial charge in [0.15, 0.2) is 0 Å². The zero-order chi connectivity index (χ0) is 23.0. The molecule has 0 radical (unpaired) electrons. The first-order chi connectivity index (χ1) is 15.3. The van der Waals surface area contributed by atoms with Gasteiger partial charge >= 0.3 is 5.97 Å². The van der Waals surface area contributed by atoms with Crippen molar-refractivity contribution in [2.75, 3.05) is 7.05 Å². The van der Waals surface area contributed by atoms with Gasteiger partial charge < -0.3 is 5.11 Å². The molecule has 162 valence electrons. The lowest BCUT2D eigenvalue weighted by molar-refractivity contribution is -0.136. The van der Waals surface area contributed by atoms with Crippen molar-refractivity contribution in [1.82, 2.24) is 9.99 Å². The lowest BCUT2D eigenvalue weighted by Gasteiger charge is -2.13. The van der Waals surface area contributed by atoms with Crippen molar-refractivity contribution in [1.29, 1.82) is 0 Å². The second kappa shape index (κ2) is 8.68. The zero-order valence-electron chi connectivity index (χ0n) is 17.9. The number of hydrogen-bond donors (Lipinski definition) is 1. The van der Waals surface area contributed by atoms with Gasteiger partial charge in [-0.1, -0.05) is 36.4 Å².